The Kier molecular flexibility index (Phi) is 4.21. The predicted octanol–water partition coefficient (Wildman–Crippen LogP) is 3.82. The van der Waals surface area contributed by atoms with Gasteiger partial charge in [0.15, 0.2) is 0 Å². The standard InChI is InChI=1S/C13H20ClN3/c1-3-10-6-4-5-7-11(10)17-13-9(2)12(14)15-8-16-13/h8,10-11H,3-7H2,1-2H3,(H,15,16,17). The molecule has 2 rings (SSSR count). The number of hydrogen-bond donors (Lipinski definition) is 1. The van der Waals surface area contributed by atoms with Crippen molar-refractivity contribution in [2.24, 2.45) is 5.92 Å². The molecule has 1 aromatic rings. The largest absolute Gasteiger partial charge is 0.367 e. The number of aromatic nitrogens is 2. The quantitative estimate of drug-likeness (QED) is 0.833. The molecule has 94 valence electrons. The van der Waals surface area contributed by atoms with E-state index in [2.05, 4.69) is 22.2 Å². The number of nitrogens with zero attached hydrogens (tertiary/aromatic N) is 2. The molecule has 0 aliphatic heterocycles. The third kappa shape index (κ3) is 2.89. The van der Waals surface area contributed by atoms with Crippen molar-refractivity contribution >= 4 is 17.4 Å². The van der Waals surface area contributed by atoms with Crippen molar-refractivity contribution in [1.82, 2.24) is 9.97 Å². The van der Waals surface area contributed by atoms with Gasteiger partial charge < -0.3 is 5.32 Å². The molecule has 3 nitrogen and oxygen atoms in total. The molecule has 0 aromatic carbocycles. The minimum absolute atomic E-state index is 0.540. The van der Waals surface area contributed by atoms with Crippen molar-refractivity contribution in [2.75, 3.05) is 5.32 Å². The summed E-state index contributed by atoms with van der Waals surface area (Å²) < 4.78 is 0. The minimum atomic E-state index is 0.540. The summed E-state index contributed by atoms with van der Waals surface area (Å²) >= 11 is 6.01. The van der Waals surface area contributed by atoms with E-state index in [0.29, 0.717) is 11.2 Å². The van der Waals surface area contributed by atoms with Crippen LogP contribution in [0.1, 0.15) is 44.6 Å². The van der Waals surface area contributed by atoms with E-state index in [4.69, 9.17) is 11.6 Å². The highest BCUT2D eigenvalue weighted by Crippen LogP contribution is 2.30. The number of nitrogens with one attached hydrogen (secondary N) is 1. The van der Waals surface area contributed by atoms with Gasteiger partial charge in [-0.25, -0.2) is 9.97 Å². The fourth-order valence-corrected chi connectivity index (χ4v) is 2.77. The number of anilines is 1. The molecule has 0 amide bonds. The molecule has 0 saturated heterocycles. The summed E-state index contributed by atoms with van der Waals surface area (Å²) in [5, 5.41) is 4.10. The normalized spacial score (nSPS) is 24.6. The van der Waals surface area contributed by atoms with Crippen LogP contribution < -0.4 is 5.32 Å². The van der Waals surface area contributed by atoms with Crippen molar-refractivity contribution in [3.8, 4) is 0 Å². The van der Waals surface area contributed by atoms with Gasteiger partial charge in [-0.1, -0.05) is 37.8 Å². The monoisotopic (exact) mass is 253 g/mol. The Balaban J connectivity index is 2.11. The highest BCUT2D eigenvalue weighted by Gasteiger charge is 2.24. The van der Waals surface area contributed by atoms with Crippen LogP contribution in [0.2, 0.25) is 5.15 Å². The van der Waals surface area contributed by atoms with Gasteiger partial charge in [0.05, 0.1) is 0 Å². The summed E-state index contributed by atoms with van der Waals surface area (Å²) in [5.41, 5.74) is 0.953. The van der Waals surface area contributed by atoms with Crippen LogP contribution in [0.15, 0.2) is 6.33 Å². The highest BCUT2D eigenvalue weighted by atomic mass is 35.5. The van der Waals surface area contributed by atoms with Gasteiger partial charge in [0.25, 0.3) is 0 Å². The second-order valence-corrected chi connectivity index (χ2v) is 5.20. The van der Waals surface area contributed by atoms with E-state index in [-0.39, 0.29) is 0 Å². The summed E-state index contributed by atoms with van der Waals surface area (Å²) in [4.78, 5) is 8.28. The van der Waals surface area contributed by atoms with Gasteiger partial charge in [0.1, 0.15) is 17.3 Å². The summed E-state index contributed by atoms with van der Waals surface area (Å²) in [6, 6.07) is 0.540. The molecule has 17 heavy (non-hydrogen) atoms. The molecular weight excluding hydrogens is 234 g/mol. The van der Waals surface area contributed by atoms with Crippen LogP contribution in [0.3, 0.4) is 0 Å². The van der Waals surface area contributed by atoms with Gasteiger partial charge in [-0.2, -0.15) is 0 Å². The Morgan fingerprint density at radius 1 is 1.35 bits per heavy atom. The molecule has 1 aliphatic rings. The fourth-order valence-electron chi connectivity index (χ4n) is 2.64. The summed E-state index contributed by atoms with van der Waals surface area (Å²) in [7, 11) is 0. The van der Waals surface area contributed by atoms with Crippen LogP contribution in [-0.2, 0) is 0 Å². The lowest BCUT2D eigenvalue weighted by molar-refractivity contribution is 0.316. The van der Waals surface area contributed by atoms with Crippen LogP contribution in [0, 0.1) is 12.8 Å². The Hall–Kier alpha value is -0.830. The molecule has 0 bridgehead atoms. The third-order valence-corrected chi connectivity index (χ3v) is 4.16. The molecule has 1 aromatic heterocycles. The lowest BCUT2D eigenvalue weighted by Gasteiger charge is -2.32. The van der Waals surface area contributed by atoms with Crippen molar-refractivity contribution in [2.45, 2.75) is 52.0 Å². The predicted molar refractivity (Wildman–Crippen MR) is 71.4 cm³/mol. The van der Waals surface area contributed by atoms with Crippen molar-refractivity contribution < 1.29 is 0 Å². The van der Waals surface area contributed by atoms with Gasteiger partial charge in [0.2, 0.25) is 0 Å². The first kappa shape index (κ1) is 12.6. The molecule has 1 fully saturated rings. The van der Waals surface area contributed by atoms with Crippen molar-refractivity contribution in [1.29, 1.82) is 0 Å². The fraction of sp³-hybridized carbons (Fsp3) is 0.692. The summed E-state index contributed by atoms with van der Waals surface area (Å²) in [5.74, 6) is 1.66. The van der Waals surface area contributed by atoms with Gasteiger partial charge in [-0.15, -0.1) is 0 Å². The lowest BCUT2D eigenvalue weighted by Crippen LogP contribution is -2.32. The minimum Gasteiger partial charge on any atom is -0.367 e. The Labute approximate surface area is 108 Å². The summed E-state index contributed by atoms with van der Waals surface area (Å²) in [6.07, 6.45) is 7.99. The number of halogens is 1. The topological polar surface area (TPSA) is 37.8 Å². The number of hydrogen-bond acceptors (Lipinski definition) is 3. The van der Waals surface area contributed by atoms with E-state index in [9.17, 15) is 0 Å². The molecule has 2 unspecified atom stereocenters. The van der Waals surface area contributed by atoms with Crippen molar-refractivity contribution in [3.63, 3.8) is 0 Å². The lowest BCUT2D eigenvalue weighted by atomic mass is 9.83. The molecule has 4 heteroatoms. The zero-order valence-electron chi connectivity index (χ0n) is 10.5. The maximum absolute atomic E-state index is 6.01. The average molecular weight is 254 g/mol. The van der Waals surface area contributed by atoms with Gasteiger partial charge in [-0.3, -0.25) is 0 Å². The Bertz CT molecular complexity index is 381. The molecule has 2 atom stereocenters. The molecule has 1 heterocycles. The van der Waals surface area contributed by atoms with E-state index in [1.807, 2.05) is 6.92 Å². The Morgan fingerprint density at radius 2 is 2.12 bits per heavy atom. The molecule has 0 spiro atoms. The van der Waals surface area contributed by atoms with E-state index in [1.165, 1.54) is 38.4 Å². The van der Waals surface area contributed by atoms with Crippen LogP contribution in [-0.4, -0.2) is 16.0 Å². The maximum Gasteiger partial charge on any atom is 0.137 e. The highest BCUT2D eigenvalue weighted by molar-refractivity contribution is 6.30. The second kappa shape index (κ2) is 5.67. The third-order valence-electron chi connectivity index (χ3n) is 3.78. The zero-order valence-corrected chi connectivity index (χ0v) is 11.3. The average Bonchev–Trinajstić information content (AvgIpc) is 2.35. The molecule has 0 radical (unpaired) electrons. The Morgan fingerprint density at radius 3 is 2.88 bits per heavy atom. The summed E-state index contributed by atoms with van der Waals surface area (Å²) in [6.45, 7) is 4.24. The first-order chi connectivity index (χ1) is 8.22. The maximum atomic E-state index is 6.01. The molecule has 1 saturated carbocycles. The van der Waals surface area contributed by atoms with Gasteiger partial charge >= 0.3 is 0 Å². The van der Waals surface area contributed by atoms with E-state index in [1.54, 1.807) is 0 Å². The van der Waals surface area contributed by atoms with Crippen LogP contribution in [0.25, 0.3) is 0 Å². The van der Waals surface area contributed by atoms with Crippen LogP contribution >= 0.6 is 11.6 Å². The van der Waals surface area contributed by atoms with E-state index >= 15 is 0 Å². The van der Waals surface area contributed by atoms with Crippen LogP contribution in [0.4, 0.5) is 5.82 Å². The second-order valence-electron chi connectivity index (χ2n) is 4.84. The van der Waals surface area contributed by atoms with E-state index < -0.39 is 0 Å². The first-order valence-corrected chi connectivity index (χ1v) is 6.83. The molecule has 1 N–H and O–H groups in total. The smallest absolute Gasteiger partial charge is 0.137 e. The van der Waals surface area contributed by atoms with Gasteiger partial charge in [-0.05, 0) is 25.7 Å². The number of rotatable bonds is 3. The van der Waals surface area contributed by atoms with Crippen LogP contribution in [0.5, 0.6) is 0 Å². The van der Waals surface area contributed by atoms with E-state index in [0.717, 1.165) is 17.3 Å². The van der Waals surface area contributed by atoms with Crippen molar-refractivity contribution in [3.05, 3.63) is 17.0 Å². The molecular formula is C13H20ClN3. The SMILES string of the molecule is CCC1CCCCC1Nc1ncnc(Cl)c1C. The van der Waals surface area contributed by atoms with Gasteiger partial charge in [0, 0.05) is 11.6 Å². The first-order valence-electron chi connectivity index (χ1n) is 6.46. The zero-order chi connectivity index (χ0) is 12.3. The molecule has 1 aliphatic carbocycles.